The predicted molar refractivity (Wildman–Crippen MR) is 68.1 cm³/mol. The average molecular weight is 267 g/mol. The lowest BCUT2D eigenvalue weighted by Gasteiger charge is -2.04. The molecule has 3 rings (SSSR count). The molecule has 1 fully saturated rings. The van der Waals surface area contributed by atoms with Crippen molar-refractivity contribution < 1.29 is 4.74 Å². The molecular formula is C12H11ClN2OS. The first-order chi connectivity index (χ1) is 8.22. The Kier molecular flexibility index (Phi) is 2.76. The van der Waals surface area contributed by atoms with Crippen LogP contribution in [0.2, 0.25) is 5.02 Å². The Hall–Kier alpha value is -1.13. The summed E-state index contributed by atoms with van der Waals surface area (Å²) in [6.45, 7) is 2.00. The van der Waals surface area contributed by atoms with Crippen molar-refractivity contribution in [3.63, 3.8) is 0 Å². The zero-order chi connectivity index (χ0) is 11.8. The van der Waals surface area contributed by atoms with Crippen molar-refractivity contribution in [1.29, 1.82) is 0 Å². The van der Waals surface area contributed by atoms with E-state index in [0.29, 0.717) is 21.9 Å². The Morgan fingerprint density at radius 3 is 3.00 bits per heavy atom. The highest BCUT2D eigenvalue weighted by molar-refractivity contribution is 7.07. The van der Waals surface area contributed by atoms with Crippen molar-refractivity contribution in [3.05, 3.63) is 34.6 Å². The Morgan fingerprint density at radius 1 is 1.41 bits per heavy atom. The topological polar surface area (TPSA) is 35.0 Å². The minimum absolute atomic E-state index is 0.552. The second-order valence-corrected chi connectivity index (χ2v) is 5.35. The molecule has 17 heavy (non-hydrogen) atoms. The molecule has 0 amide bonds. The summed E-state index contributed by atoms with van der Waals surface area (Å²) in [5.74, 6) is 2.11. The fourth-order valence-electron chi connectivity index (χ4n) is 1.55. The smallest absolute Gasteiger partial charge is 0.298 e. The van der Waals surface area contributed by atoms with E-state index in [-0.39, 0.29) is 0 Å². The largest absolute Gasteiger partial charge is 0.428 e. The van der Waals surface area contributed by atoms with Crippen molar-refractivity contribution in [1.82, 2.24) is 9.36 Å². The molecule has 88 valence electrons. The number of rotatable bonds is 3. The summed E-state index contributed by atoms with van der Waals surface area (Å²) < 4.78 is 9.95. The van der Waals surface area contributed by atoms with Gasteiger partial charge in [-0.25, -0.2) is 0 Å². The molecule has 0 atom stereocenters. The molecule has 0 aliphatic heterocycles. The first-order valence-corrected chi connectivity index (χ1v) is 6.65. The van der Waals surface area contributed by atoms with Crippen LogP contribution in [0.1, 0.15) is 30.1 Å². The molecule has 1 heterocycles. The highest BCUT2D eigenvalue weighted by Crippen LogP contribution is 2.40. The third kappa shape index (κ3) is 2.42. The van der Waals surface area contributed by atoms with Crippen LogP contribution in [0.5, 0.6) is 10.9 Å². The number of ether oxygens (including phenoxy) is 1. The number of hydrogen-bond donors (Lipinski definition) is 0. The molecule has 1 aliphatic rings. The van der Waals surface area contributed by atoms with Gasteiger partial charge in [0.05, 0.1) is 5.02 Å². The lowest BCUT2D eigenvalue weighted by Crippen LogP contribution is -1.87. The summed E-state index contributed by atoms with van der Waals surface area (Å²) in [5, 5.41) is 1.16. The molecule has 1 aliphatic carbocycles. The fourth-order valence-corrected chi connectivity index (χ4v) is 2.33. The predicted octanol–water partition coefficient (Wildman–Crippen LogP) is 4.17. The number of benzene rings is 1. The van der Waals surface area contributed by atoms with Crippen LogP contribution in [0.15, 0.2) is 18.2 Å². The number of aryl methyl sites for hydroxylation is 1. The number of hydrogen-bond acceptors (Lipinski definition) is 4. The first kappa shape index (κ1) is 11.0. The Bertz CT molecular complexity index is 551. The molecule has 0 radical (unpaired) electrons. The standard InChI is InChI=1S/C12H11ClN2OS/c1-7-2-5-9(13)10(6-7)16-12-14-11(15-17-12)8-3-4-8/h2,5-6,8H,3-4H2,1H3. The van der Waals surface area contributed by atoms with Crippen molar-refractivity contribution >= 4 is 23.1 Å². The van der Waals surface area contributed by atoms with Crippen LogP contribution in [0.4, 0.5) is 0 Å². The van der Waals surface area contributed by atoms with Crippen molar-refractivity contribution in [2.75, 3.05) is 0 Å². The lowest BCUT2D eigenvalue weighted by molar-refractivity contribution is 0.477. The summed E-state index contributed by atoms with van der Waals surface area (Å²) in [6.07, 6.45) is 2.39. The van der Waals surface area contributed by atoms with Gasteiger partial charge >= 0.3 is 0 Å². The van der Waals surface area contributed by atoms with Crippen LogP contribution < -0.4 is 4.74 Å². The van der Waals surface area contributed by atoms with E-state index >= 15 is 0 Å². The zero-order valence-corrected chi connectivity index (χ0v) is 10.9. The van der Waals surface area contributed by atoms with Gasteiger partial charge in [0.25, 0.3) is 5.19 Å². The van der Waals surface area contributed by atoms with E-state index < -0.39 is 0 Å². The summed E-state index contributed by atoms with van der Waals surface area (Å²) >= 11 is 7.34. The molecule has 3 nitrogen and oxygen atoms in total. The minimum atomic E-state index is 0.552. The van der Waals surface area contributed by atoms with Crippen LogP contribution in [0.25, 0.3) is 0 Å². The van der Waals surface area contributed by atoms with E-state index in [2.05, 4.69) is 9.36 Å². The fraction of sp³-hybridized carbons (Fsp3) is 0.333. The third-order valence-electron chi connectivity index (χ3n) is 2.65. The Morgan fingerprint density at radius 2 is 2.24 bits per heavy atom. The molecule has 1 aromatic carbocycles. The highest BCUT2D eigenvalue weighted by Gasteiger charge is 2.28. The second-order valence-electron chi connectivity index (χ2n) is 4.23. The SMILES string of the molecule is Cc1ccc(Cl)c(Oc2nc(C3CC3)ns2)c1. The van der Waals surface area contributed by atoms with Gasteiger partial charge in [-0.2, -0.15) is 9.36 Å². The Labute approximate surface area is 109 Å². The molecule has 1 saturated carbocycles. The maximum Gasteiger partial charge on any atom is 0.298 e. The van der Waals surface area contributed by atoms with Gasteiger partial charge in [0.15, 0.2) is 0 Å². The van der Waals surface area contributed by atoms with Gasteiger partial charge in [-0.3, -0.25) is 0 Å². The monoisotopic (exact) mass is 266 g/mol. The van der Waals surface area contributed by atoms with Crippen LogP contribution in [-0.2, 0) is 0 Å². The quantitative estimate of drug-likeness (QED) is 0.836. The van der Waals surface area contributed by atoms with E-state index in [1.165, 1.54) is 24.4 Å². The van der Waals surface area contributed by atoms with Gasteiger partial charge in [0.1, 0.15) is 11.6 Å². The minimum Gasteiger partial charge on any atom is -0.428 e. The van der Waals surface area contributed by atoms with Gasteiger partial charge in [-0.15, -0.1) is 0 Å². The molecular weight excluding hydrogens is 256 g/mol. The molecule has 5 heteroatoms. The summed E-state index contributed by atoms with van der Waals surface area (Å²) in [7, 11) is 0. The molecule has 0 N–H and O–H groups in total. The summed E-state index contributed by atoms with van der Waals surface area (Å²) in [4.78, 5) is 4.36. The Balaban J connectivity index is 1.82. The van der Waals surface area contributed by atoms with Crippen molar-refractivity contribution in [2.45, 2.75) is 25.7 Å². The molecule has 0 saturated heterocycles. The maximum atomic E-state index is 6.06. The third-order valence-corrected chi connectivity index (χ3v) is 3.57. The van der Waals surface area contributed by atoms with Gasteiger partial charge in [0.2, 0.25) is 0 Å². The van der Waals surface area contributed by atoms with Gasteiger partial charge in [-0.05, 0) is 37.5 Å². The molecule has 2 aromatic rings. The first-order valence-electron chi connectivity index (χ1n) is 5.50. The molecule has 0 spiro atoms. The number of halogens is 1. The van der Waals surface area contributed by atoms with E-state index in [1.807, 2.05) is 25.1 Å². The van der Waals surface area contributed by atoms with Crippen molar-refractivity contribution in [2.24, 2.45) is 0 Å². The second kappa shape index (κ2) is 4.27. The highest BCUT2D eigenvalue weighted by atomic mass is 35.5. The molecule has 0 unspecified atom stereocenters. The van der Waals surface area contributed by atoms with Crippen LogP contribution in [0.3, 0.4) is 0 Å². The van der Waals surface area contributed by atoms with Crippen LogP contribution in [0, 0.1) is 6.92 Å². The van der Waals surface area contributed by atoms with E-state index in [9.17, 15) is 0 Å². The number of aromatic nitrogens is 2. The van der Waals surface area contributed by atoms with Gasteiger partial charge < -0.3 is 4.74 Å². The van der Waals surface area contributed by atoms with Crippen molar-refractivity contribution in [3.8, 4) is 10.9 Å². The van der Waals surface area contributed by atoms with Crippen LogP contribution >= 0.6 is 23.1 Å². The average Bonchev–Trinajstić information content (AvgIpc) is 3.05. The van der Waals surface area contributed by atoms with Gasteiger partial charge in [0, 0.05) is 17.5 Å². The summed E-state index contributed by atoms with van der Waals surface area (Å²) in [6, 6.07) is 5.68. The van der Waals surface area contributed by atoms with E-state index in [0.717, 1.165) is 11.4 Å². The number of nitrogens with zero attached hydrogens (tertiary/aromatic N) is 2. The van der Waals surface area contributed by atoms with E-state index in [1.54, 1.807) is 0 Å². The zero-order valence-electron chi connectivity index (χ0n) is 9.31. The van der Waals surface area contributed by atoms with Gasteiger partial charge in [-0.1, -0.05) is 17.7 Å². The summed E-state index contributed by atoms with van der Waals surface area (Å²) in [5.41, 5.74) is 1.11. The van der Waals surface area contributed by atoms with Crippen LogP contribution in [-0.4, -0.2) is 9.36 Å². The maximum absolute atomic E-state index is 6.06. The molecule has 1 aromatic heterocycles. The van der Waals surface area contributed by atoms with E-state index in [4.69, 9.17) is 16.3 Å². The lowest BCUT2D eigenvalue weighted by atomic mass is 10.2. The molecule has 0 bridgehead atoms. The normalized spacial score (nSPS) is 14.9.